The maximum absolute atomic E-state index is 13.1. The van der Waals surface area contributed by atoms with Gasteiger partial charge in [0.15, 0.2) is 5.82 Å². The van der Waals surface area contributed by atoms with Crippen LogP contribution in [0.3, 0.4) is 0 Å². The SMILES string of the molecule is CC(C)c1cccc(N2CC(c3noc(-c4ccc(F)cc4)n3)CC2=O)c1. The van der Waals surface area contributed by atoms with E-state index < -0.39 is 0 Å². The maximum atomic E-state index is 13.1. The molecule has 0 aliphatic carbocycles. The van der Waals surface area contributed by atoms with Crippen LogP contribution < -0.4 is 4.90 Å². The van der Waals surface area contributed by atoms with Gasteiger partial charge in [0.1, 0.15) is 5.82 Å². The van der Waals surface area contributed by atoms with Gasteiger partial charge < -0.3 is 9.42 Å². The van der Waals surface area contributed by atoms with E-state index in [2.05, 4.69) is 36.1 Å². The minimum Gasteiger partial charge on any atom is -0.334 e. The zero-order chi connectivity index (χ0) is 19.0. The molecule has 27 heavy (non-hydrogen) atoms. The highest BCUT2D eigenvalue weighted by atomic mass is 19.1. The Labute approximate surface area is 156 Å². The lowest BCUT2D eigenvalue weighted by atomic mass is 10.0. The first-order chi connectivity index (χ1) is 13.0. The minimum atomic E-state index is -0.320. The van der Waals surface area contributed by atoms with Gasteiger partial charge in [-0.1, -0.05) is 31.1 Å². The molecule has 1 aliphatic rings. The summed E-state index contributed by atoms with van der Waals surface area (Å²) in [6, 6.07) is 13.9. The fraction of sp³-hybridized carbons (Fsp3) is 0.286. The Morgan fingerprint density at radius 1 is 1.19 bits per heavy atom. The number of hydrogen-bond donors (Lipinski definition) is 0. The van der Waals surface area contributed by atoms with Crippen LogP contribution in [0.25, 0.3) is 11.5 Å². The second-order valence-corrected chi connectivity index (χ2v) is 7.12. The van der Waals surface area contributed by atoms with Crippen LogP contribution >= 0.6 is 0 Å². The molecular weight excluding hydrogens is 345 g/mol. The molecule has 0 bridgehead atoms. The van der Waals surface area contributed by atoms with Gasteiger partial charge in [0.05, 0.1) is 0 Å². The van der Waals surface area contributed by atoms with Crippen LogP contribution in [0.2, 0.25) is 0 Å². The molecule has 1 atom stereocenters. The van der Waals surface area contributed by atoms with Crippen molar-refractivity contribution in [3.05, 3.63) is 65.7 Å². The Bertz CT molecular complexity index is 966. The Hall–Kier alpha value is -3.02. The summed E-state index contributed by atoms with van der Waals surface area (Å²) >= 11 is 0. The predicted molar refractivity (Wildman–Crippen MR) is 99.9 cm³/mol. The first kappa shape index (κ1) is 17.4. The molecular formula is C21H20FN3O2. The van der Waals surface area contributed by atoms with Crippen LogP contribution in [0.1, 0.15) is 43.5 Å². The van der Waals surface area contributed by atoms with Gasteiger partial charge in [-0.05, 0) is 47.9 Å². The van der Waals surface area contributed by atoms with Crippen molar-refractivity contribution in [2.24, 2.45) is 0 Å². The number of benzene rings is 2. The lowest BCUT2D eigenvalue weighted by molar-refractivity contribution is -0.117. The lowest BCUT2D eigenvalue weighted by Crippen LogP contribution is -2.24. The summed E-state index contributed by atoms with van der Waals surface area (Å²) in [6.07, 6.45) is 0.342. The molecule has 1 fully saturated rings. The predicted octanol–water partition coefficient (Wildman–Crippen LogP) is 4.52. The van der Waals surface area contributed by atoms with Gasteiger partial charge in [0, 0.05) is 30.1 Å². The molecule has 138 valence electrons. The Kier molecular flexibility index (Phi) is 4.48. The maximum Gasteiger partial charge on any atom is 0.257 e. The molecule has 1 aliphatic heterocycles. The number of carbonyl (C=O) groups is 1. The summed E-state index contributed by atoms with van der Waals surface area (Å²) in [6.45, 7) is 4.77. The number of rotatable bonds is 4. The number of halogens is 1. The van der Waals surface area contributed by atoms with Crippen LogP contribution in [0, 0.1) is 5.82 Å². The quantitative estimate of drug-likeness (QED) is 0.682. The van der Waals surface area contributed by atoms with Crippen molar-refractivity contribution >= 4 is 11.6 Å². The van der Waals surface area contributed by atoms with Crippen LogP contribution in [-0.2, 0) is 4.79 Å². The summed E-state index contributed by atoms with van der Waals surface area (Å²) in [5.41, 5.74) is 2.75. The van der Waals surface area contributed by atoms with Crippen molar-refractivity contribution in [2.75, 3.05) is 11.4 Å². The van der Waals surface area contributed by atoms with Gasteiger partial charge in [0.25, 0.3) is 5.89 Å². The van der Waals surface area contributed by atoms with Gasteiger partial charge in [-0.25, -0.2) is 4.39 Å². The summed E-state index contributed by atoms with van der Waals surface area (Å²) in [5.74, 6) is 0.836. The van der Waals surface area contributed by atoms with Gasteiger partial charge in [0.2, 0.25) is 5.91 Å². The number of aromatic nitrogens is 2. The normalized spacial score (nSPS) is 17.1. The van der Waals surface area contributed by atoms with Crippen molar-refractivity contribution in [1.82, 2.24) is 10.1 Å². The second kappa shape index (κ2) is 6.95. The molecule has 0 spiro atoms. The summed E-state index contributed by atoms with van der Waals surface area (Å²) in [5, 5.41) is 4.05. The number of amides is 1. The fourth-order valence-corrected chi connectivity index (χ4v) is 3.29. The van der Waals surface area contributed by atoms with E-state index in [1.807, 2.05) is 12.1 Å². The van der Waals surface area contributed by atoms with Crippen LogP contribution in [0.15, 0.2) is 53.1 Å². The Morgan fingerprint density at radius 3 is 2.70 bits per heavy atom. The zero-order valence-electron chi connectivity index (χ0n) is 15.2. The van der Waals surface area contributed by atoms with E-state index in [9.17, 15) is 9.18 Å². The second-order valence-electron chi connectivity index (χ2n) is 7.12. The van der Waals surface area contributed by atoms with Crippen molar-refractivity contribution in [2.45, 2.75) is 32.1 Å². The molecule has 1 amide bonds. The number of carbonyl (C=O) groups excluding carboxylic acids is 1. The Morgan fingerprint density at radius 2 is 1.96 bits per heavy atom. The number of anilines is 1. The molecule has 0 N–H and O–H groups in total. The molecule has 0 radical (unpaired) electrons. The molecule has 5 nitrogen and oxygen atoms in total. The van der Waals surface area contributed by atoms with E-state index in [0.717, 1.165) is 5.69 Å². The fourth-order valence-electron chi connectivity index (χ4n) is 3.29. The van der Waals surface area contributed by atoms with Gasteiger partial charge in [-0.15, -0.1) is 0 Å². The molecule has 2 aromatic carbocycles. The molecule has 1 aromatic heterocycles. The molecule has 2 heterocycles. The highest BCUT2D eigenvalue weighted by Gasteiger charge is 2.34. The Balaban J connectivity index is 1.54. The van der Waals surface area contributed by atoms with Crippen LogP contribution in [-0.4, -0.2) is 22.6 Å². The molecule has 6 heteroatoms. The third-order valence-corrected chi connectivity index (χ3v) is 4.87. The van der Waals surface area contributed by atoms with Gasteiger partial charge in [-0.3, -0.25) is 4.79 Å². The first-order valence-electron chi connectivity index (χ1n) is 9.01. The monoisotopic (exact) mass is 365 g/mol. The number of hydrogen-bond acceptors (Lipinski definition) is 4. The van der Waals surface area contributed by atoms with E-state index >= 15 is 0 Å². The van der Waals surface area contributed by atoms with Crippen molar-refractivity contribution in [3.8, 4) is 11.5 Å². The van der Waals surface area contributed by atoms with E-state index in [1.165, 1.54) is 17.7 Å². The van der Waals surface area contributed by atoms with E-state index in [0.29, 0.717) is 36.2 Å². The largest absolute Gasteiger partial charge is 0.334 e. The molecule has 0 saturated carbocycles. The average molecular weight is 365 g/mol. The van der Waals surface area contributed by atoms with Gasteiger partial charge >= 0.3 is 0 Å². The van der Waals surface area contributed by atoms with Crippen molar-refractivity contribution < 1.29 is 13.7 Å². The summed E-state index contributed by atoms with van der Waals surface area (Å²) in [4.78, 5) is 18.8. The molecule has 4 rings (SSSR count). The van der Waals surface area contributed by atoms with Gasteiger partial charge in [-0.2, -0.15) is 4.98 Å². The average Bonchev–Trinajstić information content (AvgIpc) is 3.29. The first-order valence-corrected chi connectivity index (χ1v) is 9.01. The molecule has 3 aromatic rings. The number of nitrogens with zero attached hydrogens (tertiary/aromatic N) is 3. The summed E-state index contributed by atoms with van der Waals surface area (Å²) < 4.78 is 18.4. The zero-order valence-corrected chi connectivity index (χ0v) is 15.2. The lowest BCUT2D eigenvalue weighted by Gasteiger charge is -2.18. The summed E-state index contributed by atoms with van der Waals surface area (Å²) in [7, 11) is 0. The smallest absolute Gasteiger partial charge is 0.257 e. The van der Waals surface area contributed by atoms with Crippen LogP contribution in [0.5, 0.6) is 0 Å². The topological polar surface area (TPSA) is 59.2 Å². The third kappa shape index (κ3) is 3.47. The molecule has 1 unspecified atom stereocenters. The highest BCUT2D eigenvalue weighted by molar-refractivity contribution is 5.96. The van der Waals surface area contributed by atoms with Crippen molar-refractivity contribution in [3.63, 3.8) is 0 Å². The van der Waals surface area contributed by atoms with E-state index in [4.69, 9.17) is 4.52 Å². The van der Waals surface area contributed by atoms with E-state index in [-0.39, 0.29) is 17.6 Å². The standard InChI is InChI=1S/C21H20FN3O2/c1-13(2)15-4-3-5-18(10-15)25-12-16(11-19(25)26)20-23-21(27-24-20)14-6-8-17(22)9-7-14/h3-10,13,16H,11-12H2,1-2H3. The minimum absolute atomic E-state index is 0.0500. The van der Waals surface area contributed by atoms with E-state index in [1.54, 1.807) is 17.0 Å². The van der Waals surface area contributed by atoms with Crippen molar-refractivity contribution in [1.29, 1.82) is 0 Å². The third-order valence-electron chi connectivity index (χ3n) is 4.87. The molecule has 1 saturated heterocycles. The highest BCUT2D eigenvalue weighted by Crippen LogP contribution is 2.32. The van der Waals surface area contributed by atoms with Crippen LogP contribution in [0.4, 0.5) is 10.1 Å².